The summed E-state index contributed by atoms with van der Waals surface area (Å²) in [4.78, 5) is 13.3. The number of aliphatic hydroxyl groups is 1. The van der Waals surface area contributed by atoms with Crippen LogP contribution < -0.4 is 10.7 Å². The fourth-order valence-corrected chi connectivity index (χ4v) is 5.91. The van der Waals surface area contributed by atoms with Gasteiger partial charge in [0.25, 0.3) is 0 Å². The van der Waals surface area contributed by atoms with Gasteiger partial charge in [-0.2, -0.15) is 0 Å². The number of aromatic nitrogens is 1. The van der Waals surface area contributed by atoms with E-state index in [1.54, 1.807) is 0 Å². The van der Waals surface area contributed by atoms with E-state index >= 15 is 0 Å². The molecule has 1 aliphatic carbocycles. The van der Waals surface area contributed by atoms with Crippen molar-refractivity contribution < 1.29 is 9.90 Å². The Kier molecular flexibility index (Phi) is 4.58. The van der Waals surface area contributed by atoms with Gasteiger partial charge < -0.3 is 15.0 Å². The number of rotatable bonds is 5. The van der Waals surface area contributed by atoms with Crippen LogP contribution >= 0.6 is 0 Å². The number of carbonyl (C=O) groups excluding carboxylic acids is 1. The zero-order valence-electron chi connectivity index (χ0n) is 20.1. The highest BCUT2D eigenvalue weighted by Gasteiger charge is 2.34. The summed E-state index contributed by atoms with van der Waals surface area (Å²) < 4.78 is 2.30. The van der Waals surface area contributed by atoms with Crippen LogP contribution in [0, 0.1) is 0 Å². The van der Waals surface area contributed by atoms with Gasteiger partial charge in [0.2, 0.25) is 0 Å². The minimum Gasteiger partial charge on any atom is -0.506 e. The van der Waals surface area contributed by atoms with Crippen molar-refractivity contribution in [3.8, 4) is 0 Å². The Hall–Kier alpha value is -4.31. The van der Waals surface area contributed by atoms with E-state index in [-0.39, 0.29) is 17.6 Å². The SMILES string of the molecule is CCCCn1/c(=C/C2=C(O)C(=C/C3Nc4cccc5cccc3c45)/C2=O)c2cccc3cccc1c32. The molecule has 4 nitrogen and oxygen atoms in total. The fraction of sp³-hybridized carbons (Fsp3) is 0.156. The maximum Gasteiger partial charge on any atom is 0.200 e. The molecule has 7 rings (SSSR count). The van der Waals surface area contributed by atoms with E-state index in [4.69, 9.17) is 0 Å². The molecule has 176 valence electrons. The Morgan fingerprint density at radius 2 is 1.67 bits per heavy atom. The van der Waals surface area contributed by atoms with E-state index in [1.807, 2.05) is 24.3 Å². The Labute approximate surface area is 208 Å². The first-order valence-corrected chi connectivity index (χ1v) is 12.7. The molecule has 1 unspecified atom stereocenters. The predicted octanol–water partition coefficient (Wildman–Crippen LogP) is 6.74. The van der Waals surface area contributed by atoms with Crippen molar-refractivity contribution in [3.05, 3.63) is 107 Å². The van der Waals surface area contributed by atoms with Gasteiger partial charge >= 0.3 is 0 Å². The first kappa shape index (κ1) is 21.0. The summed E-state index contributed by atoms with van der Waals surface area (Å²) in [6, 6.07) is 24.9. The number of unbranched alkanes of at least 4 members (excludes halogenated alkanes) is 1. The average Bonchev–Trinajstić information content (AvgIpc) is 3.42. The highest BCUT2D eigenvalue weighted by molar-refractivity contribution is 6.24. The summed E-state index contributed by atoms with van der Waals surface area (Å²) in [5.74, 6) is -0.0282. The number of aliphatic hydroxyl groups excluding tert-OH is 1. The maximum atomic E-state index is 13.3. The summed E-state index contributed by atoms with van der Waals surface area (Å²) in [5, 5.41) is 21.4. The molecule has 1 atom stereocenters. The molecule has 0 fully saturated rings. The van der Waals surface area contributed by atoms with Crippen LogP contribution in [0.25, 0.3) is 38.5 Å². The number of allylic oxidation sites excluding steroid dienone is 2. The highest BCUT2D eigenvalue weighted by Crippen LogP contribution is 2.42. The second-order valence-corrected chi connectivity index (χ2v) is 9.76. The number of anilines is 1. The number of hydrogen-bond acceptors (Lipinski definition) is 3. The predicted molar refractivity (Wildman–Crippen MR) is 147 cm³/mol. The molecular weight excluding hydrogens is 444 g/mol. The zero-order chi connectivity index (χ0) is 24.4. The zero-order valence-corrected chi connectivity index (χ0v) is 20.1. The van der Waals surface area contributed by atoms with Gasteiger partial charge in [-0.15, -0.1) is 0 Å². The largest absolute Gasteiger partial charge is 0.506 e. The van der Waals surface area contributed by atoms with Gasteiger partial charge in [0.1, 0.15) is 5.76 Å². The average molecular weight is 471 g/mol. The molecule has 0 amide bonds. The number of hydrogen-bond donors (Lipinski definition) is 2. The molecule has 4 heteroatoms. The lowest BCUT2D eigenvalue weighted by Crippen LogP contribution is -2.25. The molecule has 1 aliphatic heterocycles. The number of nitrogens with zero attached hydrogens (tertiary/aromatic N) is 1. The maximum absolute atomic E-state index is 13.3. The highest BCUT2D eigenvalue weighted by atomic mass is 16.3. The van der Waals surface area contributed by atoms with Crippen molar-refractivity contribution in [3.63, 3.8) is 0 Å². The molecule has 36 heavy (non-hydrogen) atoms. The van der Waals surface area contributed by atoms with Gasteiger partial charge in [-0.05, 0) is 47.0 Å². The van der Waals surface area contributed by atoms with Gasteiger partial charge in [0.15, 0.2) is 5.78 Å². The van der Waals surface area contributed by atoms with Crippen molar-refractivity contribution in [1.82, 2.24) is 4.57 Å². The quantitative estimate of drug-likeness (QED) is 0.280. The number of Topliss-reactive ketones (excluding diaryl/α,β-unsaturated/α-hetero) is 1. The van der Waals surface area contributed by atoms with E-state index in [0.717, 1.165) is 41.4 Å². The van der Waals surface area contributed by atoms with Crippen LogP contribution in [0.1, 0.15) is 31.4 Å². The number of nitrogens with one attached hydrogen (secondary N) is 1. The Balaban J connectivity index is 1.35. The molecule has 4 aromatic carbocycles. The lowest BCUT2D eigenvalue weighted by atomic mass is 9.85. The van der Waals surface area contributed by atoms with Crippen LogP contribution in [0.2, 0.25) is 0 Å². The van der Waals surface area contributed by atoms with Gasteiger partial charge in [-0.25, -0.2) is 0 Å². The normalized spacial score (nSPS) is 18.7. The summed E-state index contributed by atoms with van der Waals surface area (Å²) in [6.07, 6.45) is 5.88. The smallest absolute Gasteiger partial charge is 0.200 e. The molecule has 0 saturated carbocycles. The minimum absolute atomic E-state index is 0.0796. The molecular formula is C32H26N2O2. The van der Waals surface area contributed by atoms with Crippen LogP contribution in [0.3, 0.4) is 0 Å². The second-order valence-electron chi connectivity index (χ2n) is 9.76. The standard InChI is InChI=1S/C32H26N2O2/c1-2-3-16-34-27-15-7-11-20-9-5-13-22(30(20)27)28(34)18-24-31(35)23(32(24)36)17-26-21-12-4-8-19-10-6-14-25(33-26)29(19)21/h4-15,17-18,26,33,35H,2-3,16H2,1H3/b23-17-,28-18+. The third-order valence-electron chi connectivity index (χ3n) is 7.67. The van der Waals surface area contributed by atoms with E-state index in [2.05, 4.69) is 77.5 Å². The van der Waals surface area contributed by atoms with E-state index in [9.17, 15) is 9.90 Å². The lowest BCUT2D eigenvalue weighted by Gasteiger charge is -2.21. The van der Waals surface area contributed by atoms with Gasteiger partial charge in [0, 0.05) is 39.3 Å². The molecule has 1 aromatic heterocycles. The van der Waals surface area contributed by atoms with Crippen molar-refractivity contribution >= 4 is 50.0 Å². The van der Waals surface area contributed by atoms with E-state index in [0.29, 0.717) is 11.1 Å². The topological polar surface area (TPSA) is 54.3 Å². The van der Waals surface area contributed by atoms with Crippen LogP contribution in [-0.4, -0.2) is 15.5 Å². The Morgan fingerprint density at radius 3 is 2.44 bits per heavy atom. The molecule has 0 bridgehead atoms. The van der Waals surface area contributed by atoms with Crippen LogP contribution in [0.15, 0.2) is 95.8 Å². The lowest BCUT2D eigenvalue weighted by molar-refractivity contribution is -0.113. The first-order chi connectivity index (χ1) is 17.7. The van der Waals surface area contributed by atoms with Crippen LogP contribution in [-0.2, 0) is 11.3 Å². The number of carbonyl (C=O) groups is 1. The first-order valence-electron chi connectivity index (χ1n) is 12.7. The van der Waals surface area contributed by atoms with Crippen LogP contribution in [0.4, 0.5) is 5.69 Å². The van der Waals surface area contributed by atoms with Crippen molar-refractivity contribution in [2.24, 2.45) is 0 Å². The molecule has 2 aliphatic rings. The summed E-state index contributed by atoms with van der Waals surface area (Å²) in [5.41, 5.74) is 4.14. The third-order valence-corrected chi connectivity index (χ3v) is 7.67. The number of benzene rings is 4. The fourth-order valence-electron chi connectivity index (χ4n) is 5.91. The molecule has 2 N–H and O–H groups in total. The summed E-state index contributed by atoms with van der Waals surface area (Å²) in [6.45, 7) is 3.05. The monoisotopic (exact) mass is 470 g/mol. The molecule has 2 heterocycles. The summed E-state index contributed by atoms with van der Waals surface area (Å²) in [7, 11) is 0. The van der Waals surface area contributed by atoms with Crippen molar-refractivity contribution in [2.75, 3.05) is 5.32 Å². The Morgan fingerprint density at radius 1 is 0.944 bits per heavy atom. The van der Waals surface area contributed by atoms with E-state index in [1.165, 1.54) is 27.1 Å². The minimum atomic E-state index is -0.146. The Bertz CT molecular complexity index is 1830. The number of ketones is 1. The van der Waals surface area contributed by atoms with E-state index < -0.39 is 0 Å². The van der Waals surface area contributed by atoms with Crippen molar-refractivity contribution in [2.45, 2.75) is 32.4 Å². The summed E-state index contributed by atoms with van der Waals surface area (Å²) >= 11 is 0. The molecule has 0 saturated heterocycles. The molecule has 0 spiro atoms. The van der Waals surface area contributed by atoms with Crippen molar-refractivity contribution in [1.29, 1.82) is 0 Å². The van der Waals surface area contributed by atoms with Gasteiger partial charge in [-0.1, -0.05) is 74.0 Å². The number of aryl methyl sites for hydroxylation is 1. The van der Waals surface area contributed by atoms with Crippen LogP contribution in [0.5, 0.6) is 0 Å². The van der Waals surface area contributed by atoms with Gasteiger partial charge in [-0.3, -0.25) is 4.79 Å². The molecule has 5 aromatic rings. The third kappa shape index (κ3) is 2.91. The van der Waals surface area contributed by atoms with Gasteiger partial charge in [0.05, 0.1) is 17.2 Å². The second kappa shape index (κ2) is 7.85. The molecule has 0 radical (unpaired) electrons.